The second-order valence-electron chi connectivity index (χ2n) is 4.31. The molecule has 0 radical (unpaired) electrons. The molecule has 0 bridgehead atoms. The first-order chi connectivity index (χ1) is 8.06. The van der Waals surface area contributed by atoms with E-state index < -0.39 is 12.0 Å². The molecule has 17 heavy (non-hydrogen) atoms. The minimum atomic E-state index is -0.882. The Morgan fingerprint density at radius 1 is 1.35 bits per heavy atom. The fourth-order valence-corrected chi connectivity index (χ4v) is 3.57. The molecule has 1 N–H and O–H groups in total. The summed E-state index contributed by atoms with van der Waals surface area (Å²) in [6.45, 7) is 5.95. The summed E-state index contributed by atoms with van der Waals surface area (Å²) >= 11 is 1.58. The van der Waals surface area contributed by atoms with Crippen LogP contribution in [0.1, 0.15) is 40.0 Å². The molecule has 98 valence electrons. The van der Waals surface area contributed by atoms with Crippen LogP contribution in [-0.4, -0.2) is 39.1 Å². The third kappa shape index (κ3) is 2.94. The van der Waals surface area contributed by atoms with E-state index in [1.54, 1.807) is 16.7 Å². The van der Waals surface area contributed by atoms with Gasteiger partial charge in [0, 0.05) is 11.7 Å². The average molecular weight is 259 g/mol. The van der Waals surface area contributed by atoms with E-state index in [-0.39, 0.29) is 17.2 Å². The van der Waals surface area contributed by atoms with Gasteiger partial charge in [0.05, 0.1) is 5.37 Å². The van der Waals surface area contributed by atoms with Crippen LogP contribution in [0.25, 0.3) is 0 Å². The molecule has 0 aromatic heterocycles. The molecule has 0 aromatic rings. The van der Waals surface area contributed by atoms with Crippen molar-refractivity contribution in [3.8, 4) is 0 Å². The van der Waals surface area contributed by atoms with Gasteiger partial charge >= 0.3 is 5.97 Å². The van der Waals surface area contributed by atoms with Crippen molar-refractivity contribution < 1.29 is 14.7 Å². The Hall–Kier alpha value is -0.710. The molecule has 0 saturated carbocycles. The van der Waals surface area contributed by atoms with Crippen molar-refractivity contribution in [2.24, 2.45) is 5.92 Å². The van der Waals surface area contributed by atoms with E-state index in [0.29, 0.717) is 5.75 Å². The molecule has 1 aliphatic heterocycles. The number of thioether (sulfide) groups is 1. The molecule has 1 rings (SSSR count). The molecule has 2 unspecified atom stereocenters. The number of carboxylic acids is 1. The number of nitrogens with zero attached hydrogens (tertiary/aromatic N) is 1. The first kappa shape index (κ1) is 14.4. The molecule has 1 aliphatic rings. The largest absolute Gasteiger partial charge is 0.480 e. The van der Waals surface area contributed by atoms with Crippen molar-refractivity contribution in [3.63, 3.8) is 0 Å². The molecule has 5 heteroatoms. The average Bonchev–Trinajstić information content (AvgIpc) is 2.73. The maximum atomic E-state index is 12.3. The van der Waals surface area contributed by atoms with Crippen LogP contribution < -0.4 is 0 Å². The summed E-state index contributed by atoms with van der Waals surface area (Å²) in [5, 5.41) is 9.20. The smallest absolute Gasteiger partial charge is 0.327 e. The topological polar surface area (TPSA) is 57.6 Å². The molecule has 4 nitrogen and oxygen atoms in total. The van der Waals surface area contributed by atoms with Crippen molar-refractivity contribution in [3.05, 3.63) is 0 Å². The zero-order valence-corrected chi connectivity index (χ0v) is 11.5. The Morgan fingerprint density at radius 2 is 1.94 bits per heavy atom. The number of carbonyl (C=O) groups is 2. The van der Waals surface area contributed by atoms with E-state index in [2.05, 4.69) is 0 Å². The SMILES string of the molecule is CCC(CC)C(=O)N1C(CC)SCC1C(=O)O. The first-order valence-corrected chi connectivity index (χ1v) is 7.28. The van der Waals surface area contributed by atoms with Gasteiger partial charge in [-0.25, -0.2) is 4.79 Å². The summed E-state index contributed by atoms with van der Waals surface area (Å²) in [4.78, 5) is 25.1. The van der Waals surface area contributed by atoms with Crippen LogP contribution in [0.5, 0.6) is 0 Å². The normalized spacial score (nSPS) is 24.4. The van der Waals surface area contributed by atoms with Crippen LogP contribution in [0.15, 0.2) is 0 Å². The summed E-state index contributed by atoms with van der Waals surface area (Å²) in [6.07, 6.45) is 2.36. The highest BCUT2D eigenvalue weighted by Crippen LogP contribution is 2.33. The maximum Gasteiger partial charge on any atom is 0.327 e. The van der Waals surface area contributed by atoms with E-state index >= 15 is 0 Å². The lowest BCUT2D eigenvalue weighted by atomic mass is 10.0. The van der Waals surface area contributed by atoms with Crippen molar-refractivity contribution in [1.29, 1.82) is 0 Å². The van der Waals surface area contributed by atoms with Gasteiger partial charge in [-0.2, -0.15) is 0 Å². The molecule has 0 spiro atoms. The Bertz CT molecular complexity index is 291. The summed E-state index contributed by atoms with van der Waals surface area (Å²) in [6, 6.07) is -0.641. The van der Waals surface area contributed by atoms with E-state index in [9.17, 15) is 9.59 Å². The van der Waals surface area contributed by atoms with Crippen LogP contribution in [0, 0.1) is 5.92 Å². The zero-order chi connectivity index (χ0) is 13.0. The first-order valence-electron chi connectivity index (χ1n) is 6.23. The number of hydrogen-bond donors (Lipinski definition) is 1. The quantitative estimate of drug-likeness (QED) is 0.822. The predicted molar refractivity (Wildman–Crippen MR) is 68.9 cm³/mol. The molecular weight excluding hydrogens is 238 g/mol. The van der Waals surface area contributed by atoms with Gasteiger partial charge in [-0.15, -0.1) is 11.8 Å². The highest BCUT2D eigenvalue weighted by molar-refractivity contribution is 8.00. The second-order valence-corrected chi connectivity index (χ2v) is 5.52. The van der Waals surface area contributed by atoms with E-state index in [1.165, 1.54) is 0 Å². The number of rotatable bonds is 5. The highest BCUT2D eigenvalue weighted by atomic mass is 32.2. The second kappa shape index (κ2) is 6.28. The minimum absolute atomic E-state index is 0.0132. The molecule has 1 fully saturated rings. The Labute approximate surface area is 107 Å². The molecule has 1 saturated heterocycles. The number of carboxylic acid groups (broad SMARTS) is 1. The lowest BCUT2D eigenvalue weighted by molar-refractivity contribution is -0.151. The van der Waals surface area contributed by atoms with E-state index in [0.717, 1.165) is 19.3 Å². The number of hydrogen-bond acceptors (Lipinski definition) is 3. The standard InChI is InChI=1S/C12H21NO3S/c1-4-8(5-2)11(14)13-9(12(15)16)7-17-10(13)6-3/h8-10H,4-7H2,1-3H3,(H,15,16). The van der Waals surface area contributed by atoms with E-state index in [4.69, 9.17) is 5.11 Å². The van der Waals surface area contributed by atoms with E-state index in [1.807, 2.05) is 20.8 Å². The van der Waals surface area contributed by atoms with Crippen molar-refractivity contribution in [2.45, 2.75) is 51.4 Å². The maximum absolute atomic E-state index is 12.3. The molecule has 0 aliphatic carbocycles. The van der Waals surface area contributed by atoms with Crippen molar-refractivity contribution >= 4 is 23.6 Å². The van der Waals surface area contributed by atoms with Crippen LogP contribution in [-0.2, 0) is 9.59 Å². The fourth-order valence-electron chi connectivity index (χ4n) is 2.21. The van der Waals surface area contributed by atoms with Gasteiger partial charge in [-0.3, -0.25) is 4.79 Å². The van der Waals surface area contributed by atoms with Crippen LogP contribution in [0.4, 0.5) is 0 Å². The van der Waals surface area contributed by atoms with Crippen molar-refractivity contribution in [2.75, 3.05) is 5.75 Å². The van der Waals surface area contributed by atoms with Gasteiger partial charge in [0.15, 0.2) is 0 Å². The third-order valence-corrected chi connectivity index (χ3v) is 4.77. The van der Waals surface area contributed by atoms with Crippen LogP contribution in [0.3, 0.4) is 0 Å². The zero-order valence-electron chi connectivity index (χ0n) is 10.7. The fraction of sp³-hybridized carbons (Fsp3) is 0.833. The van der Waals surface area contributed by atoms with Gasteiger partial charge in [0.25, 0.3) is 0 Å². The molecule has 1 heterocycles. The van der Waals surface area contributed by atoms with Crippen LogP contribution in [0.2, 0.25) is 0 Å². The van der Waals surface area contributed by atoms with Gasteiger partial charge < -0.3 is 10.0 Å². The lowest BCUT2D eigenvalue weighted by Gasteiger charge is -2.29. The molecule has 0 aromatic carbocycles. The summed E-state index contributed by atoms with van der Waals surface area (Å²) in [5.74, 6) is -0.392. The van der Waals surface area contributed by atoms with Gasteiger partial charge in [-0.05, 0) is 19.3 Å². The predicted octanol–water partition coefficient (Wildman–Crippen LogP) is 2.19. The summed E-state index contributed by atoms with van der Waals surface area (Å²) in [7, 11) is 0. The summed E-state index contributed by atoms with van der Waals surface area (Å²) in [5.41, 5.74) is 0. The highest BCUT2D eigenvalue weighted by Gasteiger charge is 2.42. The Morgan fingerprint density at radius 3 is 2.35 bits per heavy atom. The Kier molecular flexibility index (Phi) is 5.31. The molecule has 2 atom stereocenters. The minimum Gasteiger partial charge on any atom is -0.480 e. The van der Waals surface area contributed by atoms with Crippen LogP contribution >= 0.6 is 11.8 Å². The number of amides is 1. The lowest BCUT2D eigenvalue weighted by Crippen LogP contribution is -2.47. The van der Waals surface area contributed by atoms with Gasteiger partial charge in [0.1, 0.15) is 6.04 Å². The summed E-state index contributed by atoms with van der Waals surface area (Å²) < 4.78 is 0. The number of carbonyl (C=O) groups excluding carboxylic acids is 1. The monoisotopic (exact) mass is 259 g/mol. The van der Waals surface area contributed by atoms with Crippen molar-refractivity contribution in [1.82, 2.24) is 4.90 Å². The number of aliphatic carboxylic acids is 1. The third-order valence-electron chi connectivity index (χ3n) is 3.32. The Balaban J connectivity index is 2.88. The molecular formula is C12H21NO3S. The van der Waals surface area contributed by atoms with Gasteiger partial charge in [-0.1, -0.05) is 20.8 Å². The molecule has 1 amide bonds. The van der Waals surface area contributed by atoms with Gasteiger partial charge in [0.2, 0.25) is 5.91 Å².